The van der Waals surface area contributed by atoms with Crippen LogP contribution in [0.3, 0.4) is 0 Å². The molecule has 0 unspecified atom stereocenters. The minimum atomic E-state index is 0.209. The Bertz CT molecular complexity index is 406. The first kappa shape index (κ1) is 14.2. The fourth-order valence-corrected chi connectivity index (χ4v) is 2.29. The van der Waals surface area contributed by atoms with Gasteiger partial charge in [-0.05, 0) is 7.05 Å². The SMILES string of the molecule is CC.CN1Cc2cnc(OC3CCOCC3)nc2C1. The molecule has 1 fully saturated rings. The maximum absolute atomic E-state index is 5.80. The van der Waals surface area contributed by atoms with Crippen LogP contribution in [0.25, 0.3) is 0 Å². The summed E-state index contributed by atoms with van der Waals surface area (Å²) < 4.78 is 11.1. The molecule has 5 nitrogen and oxygen atoms in total. The van der Waals surface area contributed by atoms with Crippen LogP contribution < -0.4 is 4.74 Å². The number of aromatic nitrogens is 2. The average molecular weight is 265 g/mol. The van der Waals surface area contributed by atoms with Gasteiger partial charge in [-0.1, -0.05) is 13.8 Å². The molecule has 0 bridgehead atoms. The van der Waals surface area contributed by atoms with Gasteiger partial charge in [-0.3, -0.25) is 4.90 Å². The van der Waals surface area contributed by atoms with Crippen molar-refractivity contribution in [3.63, 3.8) is 0 Å². The molecule has 1 saturated heterocycles. The van der Waals surface area contributed by atoms with Gasteiger partial charge in [0.2, 0.25) is 0 Å². The standard InChI is InChI=1S/C12H17N3O2.C2H6/c1-15-7-9-6-13-12(14-11(9)8-15)17-10-2-4-16-5-3-10;1-2/h6,10H,2-5,7-8H2,1H3;1-2H3. The van der Waals surface area contributed by atoms with Gasteiger partial charge >= 0.3 is 6.01 Å². The van der Waals surface area contributed by atoms with Gasteiger partial charge in [0.15, 0.2) is 0 Å². The lowest BCUT2D eigenvalue weighted by molar-refractivity contribution is 0.0216. The Morgan fingerprint density at radius 2 is 2.00 bits per heavy atom. The monoisotopic (exact) mass is 265 g/mol. The lowest BCUT2D eigenvalue weighted by Gasteiger charge is -2.22. The van der Waals surface area contributed by atoms with Crippen LogP contribution in [0.2, 0.25) is 0 Å². The van der Waals surface area contributed by atoms with Crippen molar-refractivity contribution in [2.24, 2.45) is 0 Å². The van der Waals surface area contributed by atoms with Crippen molar-refractivity contribution < 1.29 is 9.47 Å². The normalized spacial score (nSPS) is 19.5. The molecule has 1 aromatic rings. The molecule has 0 atom stereocenters. The number of fused-ring (bicyclic) bond motifs is 1. The van der Waals surface area contributed by atoms with Gasteiger partial charge in [-0.2, -0.15) is 4.98 Å². The predicted octanol–water partition coefficient (Wildman–Crippen LogP) is 2.01. The first-order chi connectivity index (χ1) is 9.31. The largest absolute Gasteiger partial charge is 0.460 e. The molecule has 0 radical (unpaired) electrons. The Kier molecular flexibility index (Phi) is 5.10. The van der Waals surface area contributed by atoms with Crippen LogP contribution in [0.1, 0.15) is 37.9 Å². The minimum absolute atomic E-state index is 0.209. The maximum Gasteiger partial charge on any atom is 0.316 e. The Morgan fingerprint density at radius 1 is 1.26 bits per heavy atom. The number of hydrogen-bond acceptors (Lipinski definition) is 5. The third-order valence-corrected chi connectivity index (χ3v) is 3.23. The summed E-state index contributed by atoms with van der Waals surface area (Å²) in [6.45, 7) is 7.38. The number of rotatable bonds is 2. The van der Waals surface area contributed by atoms with Gasteiger partial charge in [0, 0.05) is 37.7 Å². The van der Waals surface area contributed by atoms with Gasteiger partial charge in [-0.15, -0.1) is 0 Å². The van der Waals surface area contributed by atoms with Gasteiger partial charge in [0.25, 0.3) is 0 Å². The van der Waals surface area contributed by atoms with Crippen LogP contribution in [0, 0.1) is 0 Å². The van der Waals surface area contributed by atoms with E-state index in [4.69, 9.17) is 9.47 Å². The van der Waals surface area contributed by atoms with Crippen LogP contribution in [0.15, 0.2) is 6.20 Å². The lowest BCUT2D eigenvalue weighted by Crippen LogP contribution is -2.26. The first-order valence-electron chi connectivity index (χ1n) is 7.09. The molecule has 3 rings (SSSR count). The van der Waals surface area contributed by atoms with Crippen molar-refractivity contribution in [1.29, 1.82) is 0 Å². The quantitative estimate of drug-likeness (QED) is 0.818. The van der Waals surface area contributed by atoms with Crippen LogP contribution in [0.5, 0.6) is 6.01 Å². The Labute approximate surface area is 115 Å². The summed E-state index contributed by atoms with van der Waals surface area (Å²) in [5.41, 5.74) is 2.32. The van der Waals surface area contributed by atoms with E-state index in [2.05, 4.69) is 21.9 Å². The second-order valence-electron chi connectivity index (χ2n) is 4.73. The molecule has 2 aliphatic heterocycles. The smallest absolute Gasteiger partial charge is 0.316 e. The van der Waals surface area contributed by atoms with E-state index in [9.17, 15) is 0 Å². The van der Waals surface area contributed by atoms with E-state index in [0.29, 0.717) is 6.01 Å². The second-order valence-corrected chi connectivity index (χ2v) is 4.73. The molecule has 5 heteroatoms. The number of hydrogen-bond donors (Lipinski definition) is 0. The zero-order chi connectivity index (χ0) is 13.7. The zero-order valence-corrected chi connectivity index (χ0v) is 12.1. The van der Waals surface area contributed by atoms with Gasteiger partial charge in [0.1, 0.15) is 6.10 Å². The molecule has 3 heterocycles. The van der Waals surface area contributed by atoms with Crippen LogP contribution >= 0.6 is 0 Å². The number of nitrogens with zero attached hydrogens (tertiary/aromatic N) is 3. The minimum Gasteiger partial charge on any atom is -0.460 e. The Balaban J connectivity index is 0.000000637. The highest BCUT2D eigenvalue weighted by Crippen LogP contribution is 2.21. The summed E-state index contributed by atoms with van der Waals surface area (Å²) in [5, 5.41) is 0. The summed E-state index contributed by atoms with van der Waals surface area (Å²) >= 11 is 0. The van der Waals surface area contributed by atoms with Crippen molar-refractivity contribution in [2.45, 2.75) is 45.9 Å². The third kappa shape index (κ3) is 3.64. The fourth-order valence-electron chi connectivity index (χ4n) is 2.29. The van der Waals surface area contributed by atoms with E-state index in [1.807, 2.05) is 20.0 Å². The number of ether oxygens (including phenoxy) is 2. The molecule has 0 amide bonds. The van der Waals surface area contributed by atoms with Crippen molar-refractivity contribution >= 4 is 0 Å². The van der Waals surface area contributed by atoms with Crippen LogP contribution in [0.4, 0.5) is 0 Å². The maximum atomic E-state index is 5.80. The van der Waals surface area contributed by atoms with E-state index in [0.717, 1.165) is 44.8 Å². The molecule has 0 spiro atoms. The highest BCUT2D eigenvalue weighted by Gasteiger charge is 2.20. The van der Waals surface area contributed by atoms with Gasteiger partial charge in [0.05, 0.1) is 18.9 Å². The van der Waals surface area contributed by atoms with E-state index in [1.54, 1.807) is 0 Å². The molecule has 0 saturated carbocycles. The Hall–Kier alpha value is -1.20. The Morgan fingerprint density at radius 3 is 2.74 bits per heavy atom. The van der Waals surface area contributed by atoms with Crippen LogP contribution in [-0.4, -0.2) is 41.2 Å². The average Bonchev–Trinajstić information content (AvgIpc) is 2.81. The van der Waals surface area contributed by atoms with Crippen molar-refractivity contribution in [3.05, 3.63) is 17.5 Å². The van der Waals surface area contributed by atoms with Crippen molar-refractivity contribution in [3.8, 4) is 6.01 Å². The highest BCUT2D eigenvalue weighted by atomic mass is 16.5. The molecule has 106 valence electrons. The zero-order valence-electron chi connectivity index (χ0n) is 12.1. The summed E-state index contributed by atoms with van der Waals surface area (Å²) in [6, 6.07) is 0.519. The van der Waals surface area contributed by atoms with E-state index < -0.39 is 0 Å². The second kappa shape index (κ2) is 6.82. The predicted molar refractivity (Wildman–Crippen MR) is 73.0 cm³/mol. The molecule has 0 N–H and O–H groups in total. The molecule has 2 aliphatic rings. The molecule has 1 aromatic heterocycles. The van der Waals surface area contributed by atoms with Gasteiger partial charge in [-0.25, -0.2) is 4.98 Å². The van der Waals surface area contributed by atoms with E-state index in [1.165, 1.54) is 5.56 Å². The molecular weight excluding hydrogens is 242 g/mol. The van der Waals surface area contributed by atoms with Crippen molar-refractivity contribution in [2.75, 3.05) is 20.3 Å². The van der Waals surface area contributed by atoms with Gasteiger partial charge < -0.3 is 9.47 Å². The summed E-state index contributed by atoms with van der Waals surface area (Å²) in [4.78, 5) is 11.0. The molecular formula is C14H23N3O2. The molecule has 0 aliphatic carbocycles. The topological polar surface area (TPSA) is 47.5 Å². The highest BCUT2D eigenvalue weighted by molar-refractivity contribution is 5.22. The molecule has 19 heavy (non-hydrogen) atoms. The lowest BCUT2D eigenvalue weighted by atomic mass is 10.2. The third-order valence-electron chi connectivity index (χ3n) is 3.23. The summed E-state index contributed by atoms with van der Waals surface area (Å²) in [6.07, 6.45) is 3.96. The van der Waals surface area contributed by atoms with E-state index in [-0.39, 0.29) is 6.10 Å². The summed E-state index contributed by atoms with van der Waals surface area (Å²) in [5.74, 6) is 0. The van der Waals surface area contributed by atoms with Crippen molar-refractivity contribution in [1.82, 2.24) is 14.9 Å². The van der Waals surface area contributed by atoms with E-state index >= 15 is 0 Å². The molecule has 0 aromatic carbocycles. The van der Waals surface area contributed by atoms with Crippen LogP contribution in [-0.2, 0) is 17.8 Å². The fraction of sp³-hybridized carbons (Fsp3) is 0.714. The summed E-state index contributed by atoms with van der Waals surface area (Å²) in [7, 11) is 2.08. The first-order valence-corrected chi connectivity index (χ1v) is 7.09.